The number of aryl methyl sites for hydroxylation is 1. The molecular formula is C23H28N4O2. The van der Waals surface area contributed by atoms with E-state index in [1.165, 1.54) is 0 Å². The summed E-state index contributed by atoms with van der Waals surface area (Å²) in [7, 11) is 0. The van der Waals surface area contributed by atoms with Crippen molar-refractivity contribution in [1.29, 1.82) is 0 Å². The van der Waals surface area contributed by atoms with E-state index in [0.717, 1.165) is 41.2 Å². The van der Waals surface area contributed by atoms with Crippen molar-refractivity contribution in [2.45, 2.75) is 53.1 Å². The molecule has 0 aliphatic heterocycles. The lowest BCUT2D eigenvalue weighted by molar-refractivity contribution is -0.116. The van der Waals surface area contributed by atoms with Gasteiger partial charge < -0.3 is 10.1 Å². The third-order valence-electron chi connectivity index (χ3n) is 4.47. The summed E-state index contributed by atoms with van der Waals surface area (Å²) in [5.74, 6) is 0.757. The van der Waals surface area contributed by atoms with E-state index in [2.05, 4.69) is 22.3 Å². The highest BCUT2D eigenvalue weighted by molar-refractivity contribution is 5.90. The molecule has 0 aliphatic rings. The summed E-state index contributed by atoms with van der Waals surface area (Å²) < 4.78 is 7.51. The molecule has 2 aromatic carbocycles. The Morgan fingerprint density at radius 3 is 2.52 bits per heavy atom. The number of nitrogens with zero attached hydrogens (tertiary/aromatic N) is 3. The Bertz CT molecular complexity index is 961. The molecule has 0 saturated carbocycles. The van der Waals surface area contributed by atoms with E-state index in [4.69, 9.17) is 4.74 Å². The van der Waals surface area contributed by atoms with Crippen molar-refractivity contribution in [3.05, 3.63) is 54.1 Å². The van der Waals surface area contributed by atoms with Gasteiger partial charge in [-0.1, -0.05) is 37.6 Å². The van der Waals surface area contributed by atoms with Gasteiger partial charge in [0.2, 0.25) is 5.91 Å². The van der Waals surface area contributed by atoms with Crippen LogP contribution in [0.1, 0.15) is 45.6 Å². The van der Waals surface area contributed by atoms with E-state index in [0.29, 0.717) is 12.4 Å². The van der Waals surface area contributed by atoms with E-state index in [1.54, 1.807) is 4.68 Å². The first-order valence-corrected chi connectivity index (χ1v) is 10.1. The van der Waals surface area contributed by atoms with E-state index in [-0.39, 0.29) is 12.0 Å². The number of rotatable bonds is 8. The molecule has 3 rings (SSSR count). The van der Waals surface area contributed by atoms with Gasteiger partial charge in [0.25, 0.3) is 0 Å². The van der Waals surface area contributed by atoms with Crippen LogP contribution in [0.15, 0.2) is 48.5 Å². The second-order valence-electron chi connectivity index (χ2n) is 7.31. The molecule has 0 atom stereocenters. The third-order valence-corrected chi connectivity index (χ3v) is 4.47. The molecule has 0 radical (unpaired) electrons. The zero-order valence-electron chi connectivity index (χ0n) is 17.5. The number of carbonyl (C=O) groups excluding carboxylic acids is 1. The van der Waals surface area contributed by atoms with Crippen LogP contribution >= 0.6 is 0 Å². The highest BCUT2D eigenvalue weighted by Crippen LogP contribution is 2.27. The lowest BCUT2D eigenvalue weighted by atomic mass is 10.1. The van der Waals surface area contributed by atoms with Gasteiger partial charge in [-0.3, -0.25) is 4.79 Å². The fourth-order valence-corrected chi connectivity index (χ4v) is 2.98. The van der Waals surface area contributed by atoms with Crippen molar-refractivity contribution in [3.63, 3.8) is 0 Å². The van der Waals surface area contributed by atoms with Crippen molar-refractivity contribution in [3.8, 4) is 23.1 Å². The summed E-state index contributed by atoms with van der Waals surface area (Å²) in [5, 5.41) is 7.50. The third kappa shape index (κ3) is 5.22. The number of nitrogens with one attached hydrogen (secondary N) is 1. The maximum absolute atomic E-state index is 12.0. The SMILES string of the molecule is CCCCC(=O)Nc1ccc(-n2nc(OC(C)C)nc2-c2ccccc2C)cc1. The maximum Gasteiger partial charge on any atom is 0.336 e. The summed E-state index contributed by atoms with van der Waals surface area (Å²) in [6.45, 7) is 8.02. The van der Waals surface area contributed by atoms with Crippen LogP contribution in [0.3, 0.4) is 0 Å². The van der Waals surface area contributed by atoms with Crippen LogP contribution in [0.25, 0.3) is 17.1 Å². The quantitative estimate of drug-likeness (QED) is 0.575. The van der Waals surface area contributed by atoms with Crippen molar-refractivity contribution in [2.75, 3.05) is 5.32 Å². The minimum atomic E-state index is -0.0173. The Labute approximate surface area is 171 Å². The number of unbranched alkanes of at least 4 members (excludes halogenated alkanes) is 1. The van der Waals surface area contributed by atoms with Crippen LogP contribution in [0.2, 0.25) is 0 Å². The Hall–Kier alpha value is -3.15. The van der Waals surface area contributed by atoms with Gasteiger partial charge in [0.15, 0.2) is 5.82 Å². The van der Waals surface area contributed by atoms with Crippen molar-refractivity contribution in [1.82, 2.24) is 14.8 Å². The largest absolute Gasteiger partial charge is 0.460 e. The van der Waals surface area contributed by atoms with E-state index >= 15 is 0 Å². The van der Waals surface area contributed by atoms with Crippen LogP contribution in [0.5, 0.6) is 6.01 Å². The normalized spacial score (nSPS) is 10.9. The molecule has 1 heterocycles. The van der Waals surface area contributed by atoms with Crippen LogP contribution in [-0.4, -0.2) is 26.8 Å². The first-order valence-electron chi connectivity index (χ1n) is 10.1. The number of hydrogen-bond donors (Lipinski definition) is 1. The Balaban J connectivity index is 1.92. The molecule has 1 aromatic heterocycles. The number of hydrogen-bond acceptors (Lipinski definition) is 4. The summed E-state index contributed by atoms with van der Waals surface area (Å²) >= 11 is 0. The van der Waals surface area contributed by atoms with Crippen molar-refractivity contribution < 1.29 is 9.53 Å². The van der Waals surface area contributed by atoms with Gasteiger partial charge in [0.05, 0.1) is 11.8 Å². The fraction of sp³-hybridized carbons (Fsp3) is 0.348. The zero-order valence-corrected chi connectivity index (χ0v) is 17.5. The smallest absolute Gasteiger partial charge is 0.336 e. The zero-order chi connectivity index (χ0) is 20.8. The highest BCUT2D eigenvalue weighted by atomic mass is 16.5. The summed E-state index contributed by atoms with van der Waals surface area (Å²) in [6.07, 6.45) is 2.41. The molecule has 152 valence electrons. The number of carbonyl (C=O) groups is 1. The van der Waals surface area contributed by atoms with Gasteiger partial charge >= 0.3 is 6.01 Å². The Morgan fingerprint density at radius 2 is 1.86 bits per heavy atom. The van der Waals surface area contributed by atoms with Crippen molar-refractivity contribution >= 4 is 11.6 Å². The van der Waals surface area contributed by atoms with Gasteiger partial charge in [-0.15, -0.1) is 5.10 Å². The van der Waals surface area contributed by atoms with Crippen LogP contribution < -0.4 is 10.1 Å². The van der Waals surface area contributed by atoms with Crippen molar-refractivity contribution in [2.24, 2.45) is 0 Å². The number of amides is 1. The van der Waals surface area contributed by atoms with Gasteiger partial charge in [0.1, 0.15) is 0 Å². The predicted octanol–water partition coefficient (Wildman–Crippen LogP) is 5.16. The standard InChI is InChI=1S/C23H28N4O2/c1-5-6-11-21(28)24-18-12-14-19(15-13-18)27-22(20-10-8-7-9-17(20)4)25-23(26-27)29-16(2)3/h7-10,12-16H,5-6,11H2,1-4H3,(H,24,28). The molecule has 0 fully saturated rings. The van der Waals surface area contributed by atoms with Crippen LogP contribution in [-0.2, 0) is 4.79 Å². The number of benzene rings is 2. The number of aromatic nitrogens is 3. The lowest BCUT2D eigenvalue weighted by Crippen LogP contribution is -2.11. The predicted molar refractivity (Wildman–Crippen MR) is 115 cm³/mol. The van der Waals surface area contributed by atoms with Gasteiger partial charge in [-0.2, -0.15) is 4.98 Å². The second-order valence-corrected chi connectivity index (χ2v) is 7.31. The first-order chi connectivity index (χ1) is 14.0. The van der Waals surface area contributed by atoms with E-state index in [9.17, 15) is 4.79 Å². The number of ether oxygens (including phenoxy) is 1. The topological polar surface area (TPSA) is 69.0 Å². The molecule has 0 spiro atoms. The van der Waals surface area contributed by atoms with Crippen LogP contribution in [0.4, 0.5) is 5.69 Å². The monoisotopic (exact) mass is 392 g/mol. The molecule has 1 N–H and O–H groups in total. The summed E-state index contributed by atoms with van der Waals surface area (Å²) in [4.78, 5) is 16.6. The molecule has 1 amide bonds. The molecule has 6 heteroatoms. The average molecular weight is 393 g/mol. The Morgan fingerprint density at radius 1 is 1.14 bits per heavy atom. The maximum atomic E-state index is 12.0. The molecule has 3 aromatic rings. The minimum Gasteiger partial charge on any atom is -0.460 e. The van der Waals surface area contributed by atoms with Gasteiger partial charge in [-0.05, 0) is 57.0 Å². The summed E-state index contributed by atoms with van der Waals surface area (Å²) in [5.41, 5.74) is 3.72. The van der Waals surface area contributed by atoms with Gasteiger partial charge in [-0.25, -0.2) is 4.68 Å². The van der Waals surface area contributed by atoms with E-state index < -0.39 is 0 Å². The minimum absolute atomic E-state index is 0.0173. The number of anilines is 1. The molecule has 0 saturated heterocycles. The van der Waals surface area contributed by atoms with E-state index in [1.807, 2.05) is 69.3 Å². The molecule has 0 unspecified atom stereocenters. The van der Waals surface area contributed by atoms with Crippen LogP contribution in [0, 0.1) is 6.92 Å². The second kappa shape index (κ2) is 9.37. The highest BCUT2D eigenvalue weighted by Gasteiger charge is 2.17. The average Bonchev–Trinajstić information content (AvgIpc) is 3.10. The Kier molecular flexibility index (Phi) is 6.65. The fourth-order valence-electron chi connectivity index (χ4n) is 2.98. The summed E-state index contributed by atoms with van der Waals surface area (Å²) in [6, 6.07) is 16.0. The molecule has 0 bridgehead atoms. The lowest BCUT2D eigenvalue weighted by Gasteiger charge is -2.09. The molecular weight excluding hydrogens is 364 g/mol. The first kappa shape index (κ1) is 20.6. The van der Waals surface area contributed by atoms with Gasteiger partial charge in [0, 0.05) is 17.7 Å². The molecule has 0 aliphatic carbocycles. The molecule has 29 heavy (non-hydrogen) atoms. The molecule has 6 nitrogen and oxygen atoms in total.